The van der Waals surface area contributed by atoms with E-state index in [4.69, 9.17) is 5.11 Å². The molecule has 22 heavy (non-hydrogen) atoms. The van der Waals surface area contributed by atoms with E-state index >= 15 is 0 Å². The Labute approximate surface area is 135 Å². The van der Waals surface area contributed by atoms with E-state index in [9.17, 15) is 9.59 Å². The topological polar surface area (TPSA) is 63.6 Å². The number of carboxylic acid groups (broad SMARTS) is 1. The number of esters is 1. The fraction of sp³-hybridized carbons (Fsp3) is 0.667. The summed E-state index contributed by atoms with van der Waals surface area (Å²) < 4.78 is 4.67. The van der Waals surface area contributed by atoms with Crippen molar-refractivity contribution in [3.63, 3.8) is 0 Å². The molecule has 128 valence electrons. The zero-order chi connectivity index (χ0) is 17.4. The van der Waals surface area contributed by atoms with E-state index in [-0.39, 0.29) is 5.97 Å². The van der Waals surface area contributed by atoms with Gasteiger partial charge < -0.3 is 9.84 Å². The molecular weight excluding hydrogens is 280 g/mol. The molecule has 0 radical (unpaired) electrons. The smallest absolute Gasteiger partial charge is 0.330 e. The second-order valence-electron chi connectivity index (χ2n) is 5.25. The van der Waals surface area contributed by atoms with E-state index in [1.54, 1.807) is 0 Å². The molecule has 1 unspecified atom stereocenters. The number of carbonyl (C=O) groups excluding carboxylic acids is 1. The minimum absolute atomic E-state index is 0.330. The number of hydrogen-bond donors (Lipinski definition) is 1. The zero-order valence-electron chi connectivity index (χ0n) is 14.4. The van der Waals surface area contributed by atoms with E-state index in [0.29, 0.717) is 24.5 Å². The molecule has 0 bridgehead atoms. The summed E-state index contributed by atoms with van der Waals surface area (Å²) in [5.41, 5.74) is 0.350. The van der Waals surface area contributed by atoms with Gasteiger partial charge >= 0.3 is 11.9 Å². The molecule has 0 aromatic heterocycles. The van der Waals surface area contributed by atoms with Crippen LogP contribution in [0.1, 0.15) is 65.7 Å². The van der Waals surface area contributed by atoms with Gasteiger partial charge in [-0.15, -0.1) is 0 Å². The summed E-state index contributed by atoms with van der Waals surface area (Å²) in [5.74, 6) is -0.679. The first-order chi connectivity index (χ1) is 10.4. The molecule has 0 saturated carbocycles. The Hall–Kier alpha value is -1.58. The van der Waals surface area contributed by atoms with Gasteiger partial charge in [0.25, 0.3) is 0 Å². The van der Waals surface area contributed by atoms with Crippen LogP contribution in [0.3, 0.4) is 0 Å². The normalized spacial score (nSPS) is 10.9. The molecule has 0 fully saturated rings. The number of carbonyl (C=O) groups is 2. The summed E-state index contributed by atoms with van der Waals surface area (Å²) in [7, 11) is 0. The van der Waals surface area contributed by atoms with E-state index in [1.165, 1.54) is 18.9 Å². The highest BCUT2D eigenvalue weighted by atomic mass is 16.5. The van der Waals surface area contributed by atoms with Gasteiger partial charge in [0.1, 0.15) is 0 Å². The molecule has 1 atom stereocenters. The largest absolute Gasteiger partial charge is 0.478 e. The molecule has 4 nitrogen and oxygen atoms in total. The number of carboxylic acids is 1. The van der Waals surface area contributed by atoms with Crippen molar-refractivity contribution in [3.05, 3.63) is 24.8 Å². The van der Waals surface area contributed by atoms with Crippen LogP contribution in [0.15, 0.2) is 24.8 Å². The number of ether oxygens (including phenoxy) is 1. The van der Waals surface area contributed by atoms with Crippen LogP contribution < -0.4 is 0 Å². The van der Waals surface area contributed by atoms with E-state index in [1.807, 2.05) is 6.92 Å². The Morgan fingerprint density at radius 2 is 1.77 bits per heavy atom. The Bertz CT molecular complexity index is 334. The highest BCUT2D eigenvalue weighted by molar-refractivity contribution is 5.85. The van der Waals surface area contributed by atoms with Crippen LogP contribution in [0.4, 0.5) is 0 Å². The van der Waals surface area contributed by atoms with Crippen molar-refractivity contribution in [3.8, 4) is 0 Å². The molecule has 0 aromatic rings. The summed E-state index contributed by atoms with van der Waals surface area (Å²) in [6.45, 7) is 13.6. The molecule has 0 aliphatic carbocycles. The first-order valence-electron chi connectivity index (χ1n) is 8.12. The predicted octanol–water partition coefficient (Wildman–Crippen LogP) is 4.75. The third kappa shape index (κ3) is 14.8. The number of unbranched alkanes of at least 4 members (excludes halogenated alkanes) is 2. The maximum Gasteiger partial charge on any atom is 0.330 e. The highest BCUT2D eigenvalue weighted by Crippen LogP contribution is 2.20. The highest BCUT2D eigenvalue weighted by Gasteiger charge is 2.11. The quantitative estimate of drug-likeness (QED) is 0.340. The Balaban J connectivity index is 0. The third-order valence-corrected chi connectivity index (χ3v) is 3.29. The second-order valence-corrected chi connectivity index (χ2v) is 5.25. The summed E-state index contributed by atoms with van der Waals surface area (Å²) in [5, 5.41) is 8.65. The van der Waals surface area contributed by atoms with Crippen LogP contribution in [0.25, 0.3) is 0 Å². The van der Waals surface area contributed by atoms with Crippen LogP contribution in [0.2, 0.25) is 0 Å². The minimum Gasteiger partial charge on any atom is -0.478 e. The summed E-state index contributed by atoms with van der Waals surface area (Å²) >= 11 is 0. The van der Waals surface area contributed by atoms with E-state index < -0.39 is 5.97 Å². The maximum absolute atomic E-state index is 10.5. The van der Waals surface area contributed by atoms with Crippen molar-refractivity contribution < 1.29 is 19.4 Å². The third-order valence-electron chi connectivity index (χ3n) is 3.29. The molecule has 0 aliphatic heterocycles. The fourth-order valence-electron chi connectivity index (χ4n) is 1.76. The number of aliphatic carboxylic acids is 1. The average Bonchev–Trinajstić information content (AvgIpc) is 2.51. The van der Waals surface area contributed by atoms with Crippen LogP contribution in [0, 0.1) is 5.92 Å². The number of rotatable bonds is 11. The van der Waals surface area contributed by atoms with Gasteiger partial charge in [0, 0.05) is 11.6 Å². The second kappa shape index (κ2) is 15.8. The van der Waals surface area contributed by atoms with Crippen LogP contribution in [-0.4, -0.2) is 23.7 Å². The molecule has 4 heteroatoms. The first-order valence-corrected chi connectivity index (χ1v) is 8.12. The van der Waals surface area contributed by atoms with Gasteiger partial charge in [-0.1, -0.05) is 66.0 Å². The number of hydrogen-bond acceptors (Lipinski definition) is 3. The fourth-order valence-corrected chi connectivity index (χ4v) is 1.76. The van der Waals surface area contributed by atoms with Gasteiger partial charge in [0.05, 0.1) is 6.61 Å². The average molecular weight is 312 g/mol. The van der Waals surface area contributed by atoms with Gasteiger partial charge in [-0.3, -0.25) is 0 Å². The zero-order valence-corrected chi connectivity index (χ0v) is 14.4. The van der Waals surface area contributed by atoms with Crippen molar-refractivity contribution in [2.45, 2.75) is 65.7 Å². The molecule has 0 aromatic carbocycles. The van der Waals surface area contributed by atoms with Crippen molar-refractivity contribution in [1.29, 1.82) is 0 Å². The summed E-state index contributed by atoms with van der Waals surface area (Å²) in [6, 6.07) is 0. The van der Waals surface area contributed by atoms with Gasteiger partial charge in [-0.25, -0.2) is 9.59 Å². The van der Waals surface area contributed by atoms with Gasteiger partial charge in [-0.05, 0) is 18.8 Å². The molecule has 0 aliphatic rings. The SMILES string of the molecule is C=C(CC(CC)CCCC)C(=O)O.C=CC(=O)OCCCC. The standard InChI is InChI=1S/C11H20O2.C7H12O2/c1-4-6-7-10(5-2)8-9(3)11(12)13;1-3-5-6-9-7(8)4-2/h10H,3-8H2,1-2H3,(H,12,13);4H,2-3,5-6H2,1H3. The van der Waals surface area contributed by atoms with E-state index in [0.717, 1.165) is 25.7 Å². The Morgan fingerprint density at radius 3 is 2.18 bits per heavy atom. The monoisotopic (exact) mass is 312 g/mol. The lowest BCUT2D eigenvalue weighted by molar-refractivity contribution is -0.138. The molecule has 0 heterocycles. The minimum atomic E-state index is -0.852. The lowest BCUT2D eigenvalue weighted by atomic mass is 9.92. The molecule has 0 rings (SSSR count). The van der Waals surface area contributed by atoms with Gasteiger partial charge in [-0.2, -0.15) is 0 Å². The van der Waals surface area contributed by atoms with Crippen LogP contribution in [0.5, 0.6) is 0 Å². The molecule has 0 amide bonds. The lowest BCUT2D eigenvalue weighted by Gasteiger charge is -2.13. The van der Waals surface area contributed by atoms with Crippen molar-refractivity contribution in [2.75, 3.05) is 6.61 Å². The van der Waals surface area contributed by atoms with Crippen molar-refractivity contribution in [1.82, 2.24) is 0 Å². The predicted molar refractivity (Wildman–Crippen MR) is 90.8 cm³/mol. The summed E-state index contributed by atoms with van der Waals surface area (Å²) in [6.07, 6.45) is 8.33. The Morgan fingerprint density at radius 1 is 1.18 bits per heavy atom. The van der Waals surface area contributed by atoms with Crippen molar-refractivity contribution in [2.24, 2.45) is 5.92 Å². The maximum atomic E-state index is 10.5. The Kier molecular flexibility index (Phi) is 16.3. The molecule has 0 spiro atoms. The van der Waals surface area contributed by atoms with E-state index in [2.05, 4.69) is 31.7 Å². The van der Waals surface area contributed by atoms with Gasteiger partial charge in [0.15, 0.2) is 0 Å². The first kappa shape index (κ1) is 22.7. The van der Waals surface area contributed by atoms with Crippen LogP contribution in [-0.2, 0) is 14.3 Å². The lowest BCUT2D eigenvalue weighted by Crippen LogP contribution is -2.06. The molecule has 0 saturated heterocycles. The molecule has 1 N–H and O–H groups in total. The molecular formula is C18H32O4. The van der Waals surface area contributed by atoms with Gasteiger partial charge in [0.2, 0.25) is 0 Å². The van der Waals surface area contributed by atoms with Crippen molar-refractivity contribution >= 4 is 11.9 Å². The summed E-state index contributed by atoms with van der Waals surface area (Å²) in [4.78, 5) is 20.9. The van der Waals surface area contributed by atoms with Crippen LogP contribution >= 0.6 is 0 Å².